The van der Waals surface area contributed by atoms with Crippen LogP contribution in [0.3, 0.4) is 0 Å². The van der Waals surface area contributed by atoms with Crippen LogP contribution in [0.4, 0.5) is 0 Å². The summed E-state index contributed by atoms with van der Waals surface area (Å²) in [5.74, 6) is 0.632. The van der Waals surface area contributed by atoms with E-state index in [1.165, 1.54) is 0 Å². The fraction of sp³-hybridized carbons (Fsp3) is 0.200. The highest BCUT2D eigenvalue weighted by Crippen LogP contribution is 2.42. The van der Waals surface area contributed by atoms with Gasteiger partial charge < -0.3 is 18.8 Å². The zero-order valence-electron chi connectivity index (χ0n) is 20.9. The summed E-state index contributed by atoms with van der Waals surface area (Å²) in [6, 6.07) is 15.2. The first-order valence-electron chi connectivity index (χ1n) is 12.2. The summed E-state index contributed by atoms with van der Waals surface area (Å²) in [5.41, 5.74) is 2.40. The van der Waals surface area contributed by atoms with Gasteiger partial charge in [-0.05, 0) is 60.9 Å². The molecule has 0 N–H and O–H groups in total. The van der Waals surface area contributed by atoms with Gasteiger partial charge in [-0.3, -0.25) is 9.59 Å². The second-order valence-corrected chi connectivity index (χ2v) is 9.75. The molecular weight excluding hydrogens is 525 g/mol. The smallest absolute Gasteiger partial charge is 0.291 e. The molecule has 1 aliphatic heterocycles. The number of hydrogen-bond donors (Lipinski definition) is 0. The van der Waals surface area contributed by atoms with Crippen LogP contribution in [0, 0.1) is 6.92 Å². The number of ether oxygens (including phenoxy) is 2. The van der Waals surface area contributed by atoms with Crippen molar-refractivity contribution in [2.24, 2.45) is 0 Å². The average molecular weight is 550 g/mol. The first kappa shape index (κ1) is 25.9. The number of amides is 1. The second kappa shape index (κ2) is 10.6. The molecule has 0 spiro atoms. The Morgan fingerprint density at radius 2 is 1.82 bits per heavy atom. The van der Waals surface area contributed by atoms with Gasteiger partial charge in [0.05, 0.1) is 23.6 Å². The van der Waals surface area contributed by atoms with Gasteiger partial charge in [0.15, 0.2) is 16.9 Å². The van der Waals surface area contributed by atoms with E-state index in [2.05, 4.69) is 6.58 Å². The number of hydrogen-bond acceptors (Lipinski definition) is 5. The Morgan fingerprint density at radius 3 is 2.55 bits per heavy atom. The molecule has 1 unspecified atom stereocenters. The Balaban J connectivity index is 1.72. The highest BCUT2D eigenvalue weighted by Gasteiger charge is 2.43. The van der Waals surface area contributed by atoms with Crippen LogP contribution >= 0.6 is 23.2 Å². The van der Waals surface area contributed by atoms with Crippen molar-refractivity contribution in [2.75, 3.05) is 13.2 Å². The summed E-state index contributed by atoms with van der Waals surface area (Å²) in [6.45, 7) is 8.25. The van der Waals surface area contributed by atoms with E-state index in [1.807, 2.05) is 38.1 Å². The zero-order chi connectivity index (χ0) is 27.0. The molecule has 1 aromatic heterocycles. The molecule has 194 valence electrons. The van der Waals surface area contributed by atoms with Crippen LogP contribution in [0.15, 0.2) is 76.5 Å². The molecule has 1 atom stereocenters. The zero-order valence-corrected chi connectivity index (χ0v) is 22.4. The van der Waals surface area contributed by atoms with Crippen molar-refractivity contribution < 1.29 is 18.7 Å². The van der Waals surface area contributed by atoms with Crippen LogP contribution in [-0.4, -0.2) is 24.0 Å². The maximum Gasteiger partial charge on any atom is 0.291 e. The molecule has 1 amide bonds. The highest BCUT2D eigenvalue weighted by molar-refractivity contribution is 6.32. The SMILES string of the molecule is C=CCOc1ccc(C2c3c(oc4cc(C)c(Cl)cc4c3=O)C(=O)N2Cc2ccccc2Cl)cc1OCC. The monoisotopic (exact) mass is 549 g/mol. The molecule has 0 radical (unpaired) electrons. The molecule has 0 saturated carbocycles. The Hall–Kier alpha value is -3.74. The molecule has 3 aromatic carbocycles. The predicted molar refractivity (Wildman–Crippen MR) is 149 cm³/mol. The lowest BCUT2D eigenvalue weighted by Gasteiger charge is -2.26. The van der Waals surface area contributed by atoms with E-state index in [0.717, 1.165) is 11.1 Å². The third-order valence-electron chi connectivity index (χ3n) is 6.49. The van der Waals surface area contributed by atoms with E-state index in [9.17, 15) is 9.59 Å². The van der Waals surface area contributed by atoms with Gasteiger partial charge in [0, 0.05) is 16.6 Å². The van der Waals surface area contributed by atoms with Gasteiger partial charge in [0.25, 0.3) is 5.91 Å². The van der Waals surface area contributed by atoms with E-state index < -0.39 is 11.9 Å². The van der Waals surface area contributed by atoms with Crippen molar-refractivity contribution in [1.29, 1.82) is 0 Å². The summed E-state index contributed by atoms with van der Waals surface area (Å²) < 4.78 is 17.7. The summed E-state index contributed by atoms with van der Waals surface area (Å²) in [6.07, 6.45) is 1.64. The van der Waals surface area contributed by atoms with Crippen molar-refractivity contribution in [1.82, 2.24) is 4.90 Å². The lowest BCUT2D eigenvalue weighted by Crippen LogP contribution is -2.29. The fourth-order valence-corrected chi connectivity index (χ4v) is 5.05. The average Bonchev–Trinajstić information content (AvgIpc) is 3.17. The summed E-state index contributed by atoms with van der Waals surface area (Å²) in [7, 11) is 0. The van der Waals surface area contributed by atoms with Gasteiger partial charge in [-0.1, -0.05) is 60.1 Å². The van der Waals surface area contributed by atoms with E-state index in [4.69, 9.17) is 37.1 Å². The molecule has 0 saturated heterocycles. The molecule has 38 heavy (non-hydrogen) atoms. The van der Waals surface area contributed by atoms with Gasteiger partial charge in [0.1, 0.15) is 12.2 Å². The van der Waals surface area contributed by atoms with E-state index in [0.29, 0.717) is 51.3 Å². The Bertz CT molecular complexity index is 1630. The quantitative estimate of drug-likeness (QED) is 0.219. The van der Waals surface area contributed by atoms with E-state index in [-0.39, 0.29) is 23.3 Å². The maximum atomic E-state index is 13.9. The number of aryl methyl sites for hydroxylation is 1. The fourth-order valence-electron chi connectivity index (χ4n) is 4.69. The van der Waals surface area contributed by atoms with Gasteiger partial charge in [-0.15, -0.1) is 0 Å². The van der Waals surface area contributed by atoms with Crippen LogP contribution in [0.1, 0.15) is 45.8 Å². The number of carbonyl (C=O) groups excluding carboxylic acids is 1. The van der Waals surface area contributed by atoms with Gasteiger partial charge in [-0.25, -0.2) is 0 Å². The van der Waals surface area contributed by atoms with E-state index in [1.54, 1.807) is 41.3 Å². The number of benzene rings is 3. The first-order valence-corrected chi connectivity index (χ1v) is 12.9. The minimum atomic E-state index is -0.748. The molecule has 1 aliphatic rings. The Labute approximate surface area is 230 Å². The van der Waals surface area contributed by atoms with Crippen LogP contribution in [-0.2, 0) is 6.54 Å². The predicted octanol–water partition coefficient (Wildman–Crippen LogP) is 7.12. The number of halogens is 2. The van der Waals surface area contributed by atoms with Crippen LogP contribution in [0.2, 0.25) is 10.0 Å². The van der Waals surface area contributed by atoms with Gasteiger partial charge >= 0.3 is 0 Å². The van der Waals surface area contributed by atoms with Gasteiger partial charge in [-0.2, -0.15) is 0 Å². The number of carbonyl (C=O) groups is 1. The summed E-state index contributed by atoms with van der Waals surface area (Å²) in [5, 5.41) is 1.28. The number of rotatable bonds is 8. The summed E-state index contributed by atoms with van der Waals surface area (Å²) in [4.78, 5) is 29.3. The molecule has 2 heterocycles. The molecule has 0 fully saturated rings. The van der Waals surface area contributed by atoms with Crippen LogP contribution in [0.5, 0.6) is 11.5 Å². The lowest BCUT2D eigenvalue weighted by molar-refractivity contribution is 0.0714. The molecular formula is C30H25Cl2NO5. The van der Waals surface area contributed by atoms with Crippen LogP contribution < -0.4 is 14.9 Å². The van der Waals surface area contributed by atoms with Crippen molar-refractivity contribution in [3.05, 3.63) is 116 Å². The normalized spacial score (nSPS) is 14.6. The number of fused-ring (bicyclic) bond motifs is 2. The van der Waals surface area contributed by atoms with E-state index >= 15 is 0 Å². The van der Waals surface area contributed by atoms with Crippen molar-refractivity contribution in [3.8, 4) is 11.5 Å². The third-order valence-corrected chi connectivity index (χ3v) is 7.26. The maximum absolute atomic E-state index is 13.9. The molecule has 4 aromatic rings. The third kappa shape index (κ3) is 4.55. The Morgan fingerprint density at radius 1 is 1.03 bits per heavy atom. The molecule has 5 rings (SSSR count). The Kier molecular flexibility index (Phi) is 7.19. The minimum Gasteiger partial charge on any atom is -0.490 e. The highest BCUT2D eigenvalue weighted by atomic mass is 35.5. The first-order chi connectivity index (χ1) is 18.3. The van der Waals surface area contributed by atoms with Gasteiger partial charge in [0.2, 0.25) is 5.76 Å². The minimum absolute atomic E-state index is 0.00576. The molecule has 6 nitrogen and oxygen atoms in total. The number of nitrogens with zero attached hydrogens (tertiary/aromatic N) is 1. The summed E-state index contributed by atoms with van der Waals surface area (Å²) >= 11 is 12.8. The van der Waals surface area contributed by atoms with Crippen molar-refractivity contribution >= 4 is 40.1 Å². The molecule has 8 heteroatoms. The molecule has 0 aliphatic carbocycles. The lowest BCUT2D eigenvalue weighted by atomic mass is 9.97. The van der Waals surface area contributed by atoms with Crippen molar-refractivity contribution in [2.45, 2.75) is 26.4 Å². The van der Waals surface area contributed by atoms with Crippen molar-refractivity contribution in [3.63, 3.8) is 0 Å². The molecule has 0 bridgehead atoms. The second-order valence-electron chi connectivity index (χ2n) is 8.94. The topological polar surface area (TPSA) is 69.0 Å². The largest absolute Gasteiger partial charge is 0.490 e. The van der Waals surface area contributed by atoms with Crippen LogP contribution in [0.25, 0.3) is 11.0 Å². The standard InChI is InChI=1S/C30H25Cl2NO5/c1-4-12-37-23-11-10-18(14-25(23)36-5-2)27-26-28(34)20-15-22(32)17(3)13-24(20)38-29(26)30(35)33(27)16-19-8-6-7-9-21(19)31/h4,6-11,13-15,27H,1,5,12,16H2,2-3H3.